The summed E-state index contributed by atoms with van der Waals surface area (Å²) >= 11 is 5.91. The van der Waals surface area contributed by atoms with Crippen LogP contribution in [0, 0.1) is 12.3 Å². The summed E-state index contributed by atoms with van der Waals surface area (Å²) in [6, 6.07) is 7.82. The van der Waals surface area contributed by atoms with Crippen molar-refractivity contribution in [3.8, 4) is 0 Å². The lowest BCUT2D eigenvalue weighted by atomic mass is 10.1. The van der Waals surface area contributed by atoms with Gasteiger partial charge in [-0.1, -0.05) is 29.8 Å². The summed E-state index contributed by atoms with van der Waals surface area (Å²) in [4.78, 5) is 4.26. The zero-order chi connectivity index (χ0) is 10.1. The summed E-state index contributed by atoms with van der Waals surface area (Å²) in [7, 11) is 0. The lowest BCUT2D eigenvalue weighted by molar-refractivity contribution is 1.35. The van der Waals surface area contributed by atoms with Crippen molar-refractivity contribution in [2.24, 2.45) is 0 Å². The highest BCUT2D eigenvalue weighted by molar-refractivity contribution is 6.32. The third-order valence-corrected chi connectivity index (χ3v) is 2.49. The molecule has 0 aliphatic rings. The predicted molar refractivity (Wildman–Crippen MR) is 59.4 cm³/mol. The summed E-state index contributed by atoms with van der Waals surface area (Å²) in [5.74, 6) is 0. The Labute approximate surface area is 87.1 Å². The zero-order valence-corrected chi connectivity index (χ0v) is 8.47. The van der Waals surface area contributed by atoms with Crippen molar-refractivity contribution >= 4 is 28.7 Å². The van der Waals surface area contributed by atoms with Gasteiger partial charge in [0.2, 0.25) is 0 Å². The number of fused-ring (bicyclic) bond motifs is 1. The van der Waals surface area contributed by atoms with Crippen LogP contribution in [-0.2, 0) is 0 Å². The Balaban J connectivity index is 2.85. The number of halogens is 1. The molecule has 0 atom stereocenters. The fourth-order valence-electron chi connectivity index (χ4n) is 1.44. The van der Waals surface area contributed by atoms with Crippen molar-refractivity contribution in [3.05, 3.63) is 40.5 Å². The first kappa shape index (κ1) is 9.16. The smallest absolute Gasteiger partial charge is 0.138 e. The van der Waals surface area contributed by atoms with Gasteiger partial charge in [-0.15, -0.1) is 0 Å². The molecule has 0 aliphatic heterocycles. The number of para-hydroxylation sites is 1. The summed E-state index contributed by atoms with van der Waals surface area (Å²) in [6.45, 7) is 2.00. The number of aryl methyl sites for hydroxylation is 1. The van der Waals surface area contributed by atoms with Crippen LogP contribution in [-0.4, -0.2) is 11.2 Å². The molecule has 0 bridgehead atoms. The van der Waals surface area contributed by atoms with Gasteiger partial charge in [-0.2, -0.15) is 0 Å². The second kappa shape index (κ2) is 3.39. The van der Waals surface area contributed by atoms with Crippen LogP contribution < -0.4 is 0 Å². The van der Waals surface area contributed by atoms with E-state index in [-0.39, 0.29) is 0 Å². The Bertz CT molecular complexity index is 506. The summed E-state index contributed by atoms with van der Waals surface area (Å²) in [5.41, 5.74) is 2.66. The van der Waals surface area contributed by atoms with E-state index in [1.807, 2.05) is 31.2 Å². The molecule has 1 aromatic carbocycles. The molecule has 0 saturated heterocycles. The molecular formula is C11H9ClN2. The van der Waals surface area contributed by atoms with Crippen LogP contribution in [0.4, 0.5) is 0 Å². The highest BCUT2D eigenvalue weighted by Gasteiger charge is 2.03. The topological polar surface area (TPSA) is 36.7 Å². The summed E-state index contributed by atoms with van der Waals surface area (Å²) < 4.78 is 0. The van der Waals surface area contributed by atoms with Crippen molar-refractivity contribution in [1.29, 1.82) is 5.41 Å². The zero-order valence-electron chi connectivity index (χ0n) is 7.71. The Morgan fingerprint density at radius 2 is 2.21 bits per heavy atom. The van der Waals surface area contributed by atoms with Crippen molar-refractivity contribution in [2.75, 3.05) is 0 Å². The number of pyridine rings is 1. The normalized spacial score (nSPS) is 10.4. The number of hydrogen-bond acceptors (Lipinski definition) is 2. The third-order valence-electron chi connectivity index (χ3n) is 2.18. The molecule has 0 unspecified atom stereocenters. The number of nitrogens with zero attached hydrogens (tertiary/aromatic N) is 1. The minimum absolute atomic E-state index is 0.391. The van der Waals surface area contributed by atoms with E-state index in [0.29, 0.717) is 10.7 Å². The van der Waals surface area contributed by atoms with E-state index < -0.39 is 0 Å². The molecule has 14 heavy (non-hydrogen) atoms. The highest BCUT2D eigenvalue weighted by atomic mass is 35.5. The number of benzene rings is 1. The molecule has 2 rings (SSSR count). The Hall–Kier alpha value is -1.41. The van der Waals surface area contributed by atoms with Crippen molar-refractivity contribution < 1.29 is 0 Å². The van der Waals surface area contributed by atoms with Gasteiger partial charge in [-0.3, -0.25) is 0 Å². The first-order chi connectivity index (χ1) is 6.72. The number of nitrogens with one attached hydrogen (secondary N) is 1. The van der Waals surface area contributed by atoms with Crippen LogP contribution in [0.5, 0.6) is 0 Å². The van der Waals surface area contributed by atoms with Crippen LogP contribution in [0.25, 0.3) is 10.9 Å². The van der Waals surface area contributed by atoms with Gasteiger partial charge in [0.1, 0.15) is 5.15 Å². The van der Waals surface area contributed by atoms with E-state index in [1.165, 1.54) is 6.21 Å². The molecule has 2 aromatic rings. The minimum Gasteiger partial charge on any atom is -0.308 e. The Kier molecular flexibility index (Phi) is 2.22. The molecule has 0 spiro atoms. The molecule has 0 saturated carbocycles. The van der Waals surface area contributed by atoms with E-state index in [0.717, 1.165) is 16.5 Å². The second-order valence-corrected chi connectivity index (χ2v) is 3.52. The summed E-state index contributed by atoms with van der Waals surface area (Å²) in [5, 5.41) is 8.58. The lowest BCUT2D eigenvalue weighted by Gasteiger charge is -2.03. The minimum atomic E-state index is 0.391. The van der Waals surface area contributed by atoms with Crippen LogP contribution in [0.2, 0.25) is 5.15 Å². The SMILES string of the molecule is Cc1cccc2cc(C=N)c(Cl)nc12. The monoisotopic (exact) mass is 204 g/mol. The Morgan fingerprint density at radius 1 is 1.43 bits per heavy atom. The maximum absolute atomic E-state index is 7.16. The first-order valence-electron chi connectivity index (χ1n) is 4.28. The van der Waals surface area contributed by atoms with Crippen molar-refractivity contribution in [2.45, 2.75) is 6.92 Å². The van der Waals surface area contributed by atoms with E-state index in [2.05, 4.69) is 4.98 Å². The maximum atomic E-state index is 7.16. The number of rotatable bonds is 1. The van der Waals surface area contributed by atoms with Gasteiger partial charge in [0.25, 0.3) is 0 Å². The van der Waals surface area contributed by atoms with Gasteiger partial charge in [0, 0.05) is 17.2 Å². The highest BCUT2D eigenvalue weighted by Crippen LogP contribution is 2.21. The van der Waals surface area contributed by atoms with Gasteiger partial charge < -0.3 is 5.41 Å². The molecule has 1 aromatic heterocycles. The molecule has 2 nitrogen and oxygen atoms in total. The Morgan fingerprint density at radius 3 is 2.93 bits per heavy atom. The van der Waals surface area contributed by atoms with Gasteiger partial charge in [-0.25, -0.2) is 4.98 Å². The maximum Gasteiger partial charge on any atom is 0.138 e. The standard InChI is InChI=1S/C11H9ClN2/c1-7-3-2-4-8-5-9(6-13)11(12)14-10(7)8/h2-6,13H,1H3. The fraction of sp³-hybridized carbons (Fsp3) is 0.0909. The van der Waals surface area contributed by atoms with E-state index in [4.69, 9.17) is 17.0 Å². The number of aromatic nitrogens is 1. The molecule has 1 N–H and O–H groups in total. The molecule has 0 fully saturated rings. The average molecular weight is 205 g/mol. The van der Waals surface area contributed by atoms with Gasteiger partial charge >= 0.3 is 0 Å². The van der Waals surface area contributed by atoms with E-state index in [1.54, 1.807) is 0 Å². The molecule has 1 heterocycles. The second-order valence-electron chi connectivity index (χ2n) is 3.16. The van der Waals surface area contributed by atoms with Crippen LogP contribution in [0.15, 0.2) is 24.3 Å². The fourth-order valence-corrected chi connectivity index (χ4v) is 1.64. The van der Waals surface area contributed by atoms with E-state index >= 15 is 0 Å². The average Bonchev–Trinajstić information content (AvgIpc) is 2.19. The first-order valence-corrected chi connectivity index (χ1v) is 4.66. The number of hydrogen-bond donors (Lipinski definition) is 1. The van der Waals surface area contributed by atoms with Crippen molar-refractivity contribution in [1.82, 2.24) is 4.98 Å². The lowest BCUT2D eigenvalue weighted by Crippen LogP contribution is -1.89. The molecule has 0 aliphatic carbocycles. The van der Waals surface area contributed by atoms with Gasteiger partial charge in [0.05, 0.1) is 5.52 Å². The molecule has 3 heteroatoms. The van der Waals surface area contributed by atoms with Crippen LogP contribution >= 0.6 is 11.6 Å². The quantitative estimate of drug-likeness (QED) is 0.562. The third kappa shape index (κ3) is 1.38. The van der Waals surface area contributed by atoms with Crippen LogP contribution in [0.1, 0.15) is 11.1 Å². The molecule has 70 valence electrons. The van der Waals surface area contributed by atoms with E-state index in [9.17, 15) is 0 Å². The van der Waals surface area contributed by atoms with Gasteiger partial charge in [-0.05, 0) is 18.6 Å². The van der Waals surface area contributed by atoms with Crippen molar-refractivity contribution in [3.63, 3.8) is 0 Å². The van der Waals surface area contributed by atoms with Crippen LogP contribution in [0.3, 0.4) is 0 Å². The largest absolute Gasteiger partial charge is 0.308 e. The van der Waals surface area contributed by atoms with Gasteiger partial charge in [0.15, 0.2) is 0 Å². The molecular weight excluding hydrogens is 196 g/mol. The predicted octanol–water partition coefficient (Wildman–Crippen LogP) is 3.19. The molecule has 0 amide bonds. The molecule has 0 radical (unpaired) electrons. The summed E-state index contributed by atoms with van der Waals surface area (Å²) in [6.07, 6.45) is 1.22.